The molecule has 0 aliphatic carbocycles. The number of rotatable bonds is 2. The minimum Gasteiger partial charge on any atom is -0.355 e. The van der Waals surface area contributed by atoms with Crippen LogP contribution in [0, 0.1) is 0 Å². The third kappa shape index (κ3) is 1.53. The maximum Gasteiger partial charge on any atom is 0.179 e. The van der Waals surface area contributed by atoms with E-state index in [4.69, 9.17) is 16.1 Å². The van der Waals surface area contributed by atoms with Gasteiger partial charge in [0, 0.05) is 6.54 Å². The second-order valence-corrected chi connectivity index (χ2v) is 3.19. The number of hydrogen-bond donors (Lipinski definition) is 1. The topological polar surface area (TPSA) is 38.1 Å². The van der Waals surface area contributed by atoms with E-state index in [9.17, 15) is 0 Å². The summed E-state index contributed by atoms with van der Waals surface area (Å²) in [7, 11) is 1.90. The van der Waals surface area contributed by atoms with Gasteiger partial charge in [-0.05, 0) is 24.7 Å². The molecule has 2 rings (SSSR count). The first-order valence-corrected chi connectivity index (χ1v) is 4.37. The molecule has 13 heavy (non-hydrogen) atoms. The Morgan fingerprint density at radius 1 is 1.54 bits per heavy atom. The third-order valence-electron chi connectivity index (χ3n) is 1.87. The zero-order valence-corrected chi connectivity index (χ0v) is 7.93. The largest absolute Gasteiger partial charge is 0.355 e. The van der Waals surface area contributed by atoms with Crippen LogP contribution >= 0.6 is 11.6 Å². The van der Waals surface area contributed by atoms with Crippen molar-refractivity contribution < 1.29 is 4.52 Å². The lowest BCUT2D eigenvalue weighted by atomic mass is 10.2. The van der Waals surface area contributed by atoms with E-state index in [0.29, 0.717) is 5.15 Å². The second kappa shape index (κ2) is 3.36. The van der Waals surface area contributed by atoms with Gasteiger partial charge in [-0.2, -0.15) is 0 Å². The Bertz CT molecular complexity index is 424. The molecule has 2 aromatic rings. The first-order chi connectivity index (χ1) is 6.31. The highest BCUT2D eigenvalue weighted by Gasteiger charge is 2.05. The van der Waals surface area contributed by atoms with E-state index in [-0.39, 0.29) is 0 Å². The number of benzene rings is 1. The monoisotopic (exact) mass is 196 g/mol. The van der Waals surface area contributed by atoms with Crippen LogP contribution in [0.4, 0.5) is 0 Å². The molecule has 0 unspecified atom stereocenters. The van der Waals surface area contributed by atoms with Crippen LogP contribution in [0.1, 0.15) is 5.56 Å². The molecule has 0 saturated carbocycles. The zero-order chi connectivity index (χ0) is 9.26. The molecule has 0 saturated heterocycles. The van der Waals surface area contributed by atoms with Crippen LogP contribution in [0.3, 0.4) is 0 Å². The van der Waals surface area contributed by atoms with E-state index in [1.54, 1.807) is 0 Å². The minimum atomic E-state index is 0.422. The molecule has 0 bridgehead atoms. The Kier molecular flexibility index (Phi) is 2.20. The summed E-state index contributed by atoms with van der Waals surface area (Å²) >= 11 is 5.78. The number of aromatic nitrogens is 1. The lowest BCUT2D eigenvalue weighted by Crippen LogP contribution is -2.04. The smallest absolute Gasteiger partial charge is 0.179 e. The number of hydrogen-bond acceptors (Lipinski definition) is 3. The van der Waals surface area contributed by atoms with Gasteiger partial charge in [-0.3, -0.25) is 0 Å². The molecule has 0 spiro atoms. The first kappa shape index (κ1) is 8.53. The van der Waals surface area contributed by atoms with Crippen LogP contribution < -0.4 is 5.32 Å². The molecule has 1 N–H and O–H groups in total. The fraction of sp³-hybridized carbons (Fsp3) is 0.222. The lowest BCUT2D eigenvalue weighted by molar-refractivity contribution is 0.456. The fourth-order valence-electron chi connectivity index (χ4n) is 1.27. The van der Waals surface area contributed by atoms with E-state index in [0.717, 1.165) is 23.1 Å². The Morgan fingerprint density at radius 2 is 2.38 bits per heavy atom. The van der Waals surface area contributed by atoms with E-state index >= 15 is 0 Å². The van der Waals surface area contributed by atoms with Crippen LogP contribution in [-0.4, -0.2) is 12.2 Å². The Balaban J connectivity index is 2.50. The van der Waals surface area contributed by atoms with E-state index in [2.05, 4.69) is 10.5 Å². The molecular weight excluding hydrogens is 188 g/mol. The molecule has 0 aliphatic rings. The summed E-state index contributed by atoms with van der Waals surface area (Å²) in [5, 5.41) is 8.01. The van der Waals surface area contributed by atoms with Crippen molar-refractivity contribution in [1.82, 2.24) is 10.5 Å². The summed E-state index contributed by atoms with van der Waals surface area (Å²) in [5.74, 6) is 0. The van der Waals surface area contributed by atoms with Gasteiger partial charge in [0.1, 0.15) is 0 Å². The summed E-state index contributed by atoms with van der Waals surface area (Å²) in [5.41, 5.74) is 1.89. The third-order valence-corrected chi connectivity index (χ3v) is 2.15. The molecule has 0 fully saturated rings. The molecule has 0 radical (unpaired) electrons. The van der Waals surface area contributed by atoms with Crippen LogP contribution in [0.15, 0.2) is 22.7 Å². The summed E-state index contributed by atoms with van der Waals surface area (Å²) in [4.78, 5) is 0. The summed E-state index contributed by atoms with van der Waals surface area (Å²) in [6, 6.07) is 5.85. The predicted molar refractivity (Wildman–Crippen MR) is 51.8 cm³/mol. The zero-order valence-electron chi connectivity index (χ0n) is 7.17. The van der Waals surface area contributed by atoms with Gasteiger partial charge >= 0.3 is 0 Å². The molecule has 0 atom stereocenters. The molecule has 0 aliphatic heterocycles. The molecular formula is C9H9ClN2O. The van der Waals surface area contributed by atoms with E-state index in [1.165, 1.54) is 0 Å². The second-order valence-electron chi connectivity index (χ2n) is 2.83. The first-order valence-electron chi connectivity index (χ1n) is 3.99. The van der Waals surface area contributed by atoms with Gasteiger partial charge in [-0.25, -0.2) is 0 Å². The Morgan fingerprint density at radius 3 is 3.15 bits per heavy atom. The van der Waals surface area contributed by atoms with E-state index in [1.807, 2.05) is 25.2 Å². The quantitative estimate of drug-likeness (QED) is 0.800. The maximum absolute atomic E-state index is 5.78. The van der Waals surface area contributed by atoms with Crippen LogP contribution in [0.5, 0.6) is 0 Å². The number of fused-ring (bicyclic) bond motifs is 1. The van der Waals surface area contributed by atoms with Crippen LogP contribution in [-0.2, 0) is 6.54 Å². The van der Waals surface area contributed by atoms with Crippen molar-refractivity contribution in [3.63, 3.8) is 0 Å². The summed E-state index contributed by atoms with van der Waals surface area (Å²) in [6.07, 6.45) is 0. The number of nitrogens with zero attached hydrogens (tertiary/aromatic N) is 1. The average Bonchev–Trinajstić information content (AvgIpc) is 2.48. The highest BCUT2D eigenvalue weighted by molar-refractivity contribution is 6.34. The van der Waals surface area contributed by atoms with Gasteiger partial charge in [0.2, 0.25) is 0 Å². The van der Waals surface area contributed by atoms with Crippen molar-refractivity contribution in [2.24, 2.45) is 0 Å². The molecule has 3 nitrogen and oxygen atoms in total. The van der Waals surface area contributed by atoms with Gasteiger partial charge in [-0.15, -0.1) is 0 Å². The average molecular weight is 197 g/mol. The van der Waals surface area contributed by atoms with Gasteiger partial charge in [-0.1, -0.05) is 22.8 Å². The highest BCUT2D eigenvalue weighted by atomic mass is 35.5. The summed E-state index contributed by atoms with van der Waals surface area (Å²) < 4.78 is 5.03. The normalized spacial score (nSPS) is 10.9. The molecule has 4 heteroatoms. The number of halogens is 1. The van der Waals surface area contributed by atoms with Gasteiger partial charge < -0.3 is 9.84 Å². The van der Waals surface area contributed by atoms with E-state index < -0.39 is 0 Å². The number of nitrogens with one attached hydrogen (secondary N) is 1. The van der Waals surface area contributed by atoms with Gasteiger partial charge in [0.05, 0.1) is 5.39 Å². The Labute approximate surface area is 80.7 Å². The fourth-order valence-corrected chi connectivity index (χ4v) is 1.46. The van der Waals surface area contributed by atoms with Gasteiger partial charge in [0.25, 0.3) is 0 Å². The van der Waals surface area contributed by atoms with Crippen LogP contribution in [0.25, 0.3) is 11.0 Å². The van der Waals surface area contributed by atoms with Crippen LogP contribution in [0.2, 0.25) is 5.15 Å². The minimum absolute atomic E-state index is 0.422. The van der Waals surface area contributed by atoms with Crippen molar-refractivity contribution in [2.45, 2.75) is 6.54 Å². The molecule has 68 valence electrons. The molecule has 0 amide bonds. The standard InChI is InChI=1S/C9H9ClN2O/c1-11-5-6-2-3-7-8(4-6)13-12-9(7)10/h2-4,11H,5H2,1H3. The molecule has 1 aromatic carbocycles. The van der Waals surface area contributed by atoms with Gasteiger partial charge in [0.15, 0.2) is 10.7 Å². The molecule has 1 aromatic heterocycles. The SMILES string of the molecule is CNCc1ccc2c(Cl)noc2c1. The maximum atomic E-state index is 5.78. The van der Waals surface area contributed by atoms with Crippen molar-refractivity contribution in [3.8, 4) is 0 Å². The predicted octanol–water partition coefficient (Wildman–Crippen LogP) is 2.20. The molecule has 1 heterocycles. The lowest BCUT2D eigenvalue weighted by Gasteiger charge is -1.97. The highest BCUT2D eigenvalue weighted by Crippen LogP contribution is 2.23. The Hall–Kier alpha value is -1.06. The van der Waals surface area contributed by atoms with Crippen molar-refractivity contribution >= 4 is 22.6 Å². The summed E-state index contributed by atoms with van der Waals surface area (Å²) in [6.45, 7) is 0.814. The van der Waals surface area contributed by atoms with Crippen molar-refractivity contribution in [1.29, 1.82) is 0 Å². The van der Waals surface area contributed by atoms with Crippen molar-refractivity contribution in [3.05, 3.63) is 28.9 Å². The van der Waals surface area contributed by atoms with Crippen molar-refractivity contribution in [2.75, 3.05) is 7.05 Å².